The number of benzene rings is 1. The molecule has 0 aliphatic carbocycles. The zero-order valence-electron chi connectivity index (χ0n) is 14.3. The number of nitrogens with zero attached hydrogens (tertiary/aromatic N) is 1. The number of rotatable bonds is 4. The number of furan rings is 1. The normalized spacial score (nSPS) is 20.0. The summed E-state index contributed by atoms with van der Waals surface area (Å²) in [6.45, 7) is 4.19. The molecular weight excluding hydrogens is 306 g/mol. The van der Waals surface area contributed by atoms with E-state index in [2.05, 4.69) is 0 Å². The molecule has 1 amide bonds. The molecule has 1 aliphatic heterocycles. The molecule has 1 aliphatic rings. The van der Waals surface area contributed by atoms with Crippen molar-refractivity contribution in [1.29, 1.82) is 0 Å². The Balaban J connectivity index is 1.88. The van der Waals surface area contributed by atoms with Crippen LogP contribution in [0.4, 0.5) is 0 Å². The van der Waals surface area contributed by atoms with E-state index in [-0.39, 0.29) is 11.9 Å². The molecule has 0 saturated carbocycles. The average Bonchev–Trinajstić information content (AvgIpc) is 3.23. The highest BCUT2D eigenvalue weighted by Gasteiger charge is 2.43. The lowest BCUT2D eigenvalue weighted by molar-refractivity contribution is -0.0177. The molecule has 0 spiro atoms. The number of likely N-dealkylation sites (tertiary alicyclic amines) is 1. The molecule has 1 N–H and O–H groups in total. The van der Waals surface area contributed by atoms with Crippen LogP contribution < -0.4 is 4.74 Å². The minimum absolute atomic E-state index is 0.0856. The lowest BCUT2D eigenvalue weighted by atomic mass is 9.86. The molecular formula is C19H23NO4. The van der Waals surface area contributed by atoms with Crippen molar-refractivity contribution >= 4 is 5.91 Å². The number of carbonyl (C=O) groups is 1. The lowest BCUT2D eigenvalue weighted by Crippen LogP contribution is -2.48. The van der Waals surface area contributed by atoms with E-state index in [1.54, 1.807) is 31.9 Å². The quantitative estimate of drug-likeness (QED) is 0.936. The van der Waals surface area contributed by atoms with E-state index in [0.717, 1.165) is 24.2 Å². The van der Waals surface area contributed by atoms with E-state index >= 15 is 0 Å². The first-order valence-electron chi connectivity index (χ1n) is 8.17. The SMILES string of the molecule is COc1ccc([C@@](C)(O)[C@H]2CCCN2C(=O)c2ccoc2C)cc1. The van der Waals surface area contributed by atoms with Gasteiger partial charge in [0.15, 0.2) is 0 Å². The third-order valence-corrected chi connectivity index (χ3v) is 4.93. The Morgan fingerprint density at radius 2 is 2.04 bits per heavy atom. The van der Waals surface area contributed by atoms with Crippen LogP contribution in [0.5, 0.6) is 5.75 Å². The van der Waals surface area contributed by atoms with Crippen molar-refractivity contribution in [2.75, 3.05) is 13.7 Å². The third kappa shape index (κ3) is 2.80. The summed E-state index contributed by atoms with van der Waals surface area (Å²) in [5.41, 5.74) is 0.208. The van der Waals surface area contributed by atoms with Gasteiger partial charge in [0.05, 0.1) is 25.0 Å². The van der Waals surface area contributed by atoms with Gasteiger partial charge in [-0.1, -0.05) is 12.1 Å². The Bertz CT molecular complexity index is 717. The topological polar surface area (TPSA) is 62.9 Å². The Hall–Kier alpha value is -2.27. The average molecular weight is 329 g/mol. The van der Waals surface area contributed by atoms with Gasteiger partial charge in [0, 0.05) is 6.54 Å². The van der Waals surface area contributed by atoms with E-state index in [4.69, 9.17) is 9.15 Å². The lowest BCUT2D eigenvalue weighted by Gasteiger charge is -2.37. The van der Waals surface area contributed by atoms with Gasteiger partial charge in [0.25, 0.3) is 5.91 Å². The molecule has 2 atom stereocenters. The number of methoxy groups -OCH3 is 1. The molecule has 1 aromatic carbocycles. The molecule has 3 rings (SSSR count). The van der Waals surface area contributed by atoms with Gasteiger partial charge in [0.2, 0.25) is 0 Å². The molecule has 2 heterocycles. The molecule has 0 unspecified atom stereocenters. The molecule has 2 aromatic rings. The van der Waals surface area contributed by atoms with E-state index < -0.39 is 5.60 Å². The van der Waals surface area contributed by atoms with Crippen LogP contribution in [-0.2, 0) is 5.60 Å². The summed E-state index contributed by atoms with van der Waals surface area (Å²) in [6, 6.07) is 8.77. The van der Waals surface area contributed by atoms with Crippen LogP contribution in [0.1, 0.15) is 41.4 Å². The Kier molecular flexibility index (Phi) is 4.37. The van der Waals surface area contributed by atoms with Gasteiger partial charge in [0.1, 0.15) is 17.1 Å². The van der Waals surface area contributed by atoms with Crippen molar-refractivity contribution in [3.63, 3.8) is 0 Å². The maximum absolute atomic E-state index is 12.9. The van der Waals surface area contributed by atoms with Crippen LogP contribution in [0.2, 0.25) is 0 Å². The maximum Gasteiger partial charge on any atom is 0.257 e. The smallest absolute Gasteiger partial charge is 0.257 e. The van der Waals surface area contributed by atoms with Gasteiger partial charge in [-0.15, -0.1) is 0 Å². The fourth-order valence-corrected chi connectivity index (χ4v) is 3.48. The maximum atomic E-state index is 12.9. The second-order valence-electron chi connectivity index (χ2n) is 6.42. The molecule has 1 aromatic heterocycles. The first-order chi connectivity index (χ1) is 11.4. The molecule has 0 radical (unpaired) electrons. The summed E-state index contributed by atoms with van der Waals surface area (Å²) < 4.78 is 10.4. The summed E-state index contributed by atoms with van der Waals surface area (Å²) in [4.78, 5) is 14.6. The van der Waals surface area contributed by atoms with Gasteiger partial charge in [-0.3, -0.25) is 4.79 Å². The fourth-order valence-electron chi connectivity index (χ4n) is 3.48. The summed E-state index contributed by atoms with van der Waals surface area (Å²) in [5.74, 6) is 1.26. The van der Waals surface area contributed by atoms with Crippen LogP contribution in [0, 0.1) is 6.92 Å². The largest absolute Gasteiger partial charge is 0.497 e. The number of aliphatic hydroxyl groups is 1. The number of carbonyl (C=O) groups excluding carboxylic acids is 1. The van der Waals surface area contributed by atoms with Gasteiger partial charge in [-0.2, -0.15) is 0 Å². The second kappa shape index (κ2) is 6.32. The highest BCUT2D eigenvalue weighted by Crippen LogP contribution is 2.36. The van der Waals surface area contributed by atoms with Crippen molar-refractivity contribution in [2.45, 2.75) is 38.3 Å². The molecule has 128 valence electrons. The minimum Gasteiger partial charge on any atom is -0.497 e. The van der Waals surface area contributed by atoms with Crippen molar-refractivity contribution in [3.8, 4) is 5.75 Å². The molecule has 5 heteroatoms. The van der Waals surface area contributed by atoms with Gasteiger partial charge >= 0.3 is 0 Å². The van der Waals surface area contributed by atoms with Gasteiger partial charge < -0.3 is 19.2 Å². The number of ether oxygens (including phenoxy) is 1. The zero-order valence-corrected chi connectivity index (χ0v) is 14.3. The van der Waals surface area contributed by atoms with Gasteiger partial charge in [-0.25, -0.2) is 0 Å². The predicted octanol–water partition coefficient (Wildman–Crippen LogP) is 3.11. The standard InChI is InChI=1S/C19H23NO4/c1-13-16(10-12-24-13)18(21)20-11-4-5-17(20)19(2,22)14-6-8-15(23-3)9-7-14/h6-10,12,17,22H,4-5,11H2,1-3H3/t17-,19-/m1/s1. The van der Waals surface area contributed by atoms with E-state index in [1.165, 1.54) is 6.26 Å². The number of hydrogen-bond acceptors (Lipinski definition) is 4. The number of amides is 1. The minimum atomic E-state index is -1.13. The van der Waals surface area contributed by atoms with Crippen molar-refractivity contribution in [3.05, 3.63) is 53.5 Å². The van der Waals surface area contributed by atoms with E-state index in [0.29, 0.717) is 17.9 Å². The third-order valence-electron chi connectivity index (χ3n) is 4.93. The Morgan fingerprint density at radius 1 is 1.33 bits per heavy atom. The van der Waals surface area contributed by atoms with Crippen molar-refractivity contribution in [1.82, 2.24) is 4.90 Å². The van der Waals surface area contributed by atoms with Crippen LogP contribution in [0.25, 0.3) is 0 Å². The summed E-state index contributed by atoms with van der Waals surface area (Å²) in [6.07, 6.45) is 3.16. The molecule has 0 bridgehead atoms. The summed E-state index contributed by atoms with van der Waals surface area (Å²) >= 11 is 0. The highest BCUT2D eigenvalue weighted by atomic mass is 16.5. The molecule has 5 nitrogen and oxygen atoms in total. The zero-order chi connectivity index (χ0) is 17.3. The van der Waals surface area contributed by atoms with Gasteiger partial charge in [-0.05, 0) is 50.5 Å². The van der Waals surface area contributed by atoms with E-state index in [1.807, 2.05) is 24.3 Å². The van der Waals surface area contributed by atoms with Crippen molar-refractivity contribution < 1.29 is 19.1 Å². The summed E-state index contributed by atoms with van der Waals surface area (Å²) in [7, 11) is 1.61. The highest BCUT2D eigenvalue weighted by molar-refractivity contribution is 5.95. The monoisotopic (exact) mass is 329 g/mol. The molecule has 24 heavy (non-hydrogen) atoms. The summed E-state index contributed by atoms with van der Waals surface area (Å²) in [5, 5.41) is 11.2. The number of aryl methyl sites for hydroxylation is 1. The second-order valence-corrected chi connectivity index (χ2v) is 6.42. The first kappa shape index (κ1) is 16.6. The van der Waals surface area contributed by atoms with E-state index in [9.17, 15) is 9.90 Å². The van der Waals surface area contributed by atoms with Crippen LogP contribution in [0.3, 0.4) is 0 Å². The fraction of sp³-hybridized carbons (Fsp3) is 0.421. The Morgan fingerprint density at radius 3 is 2.62 bits per heavy atom. The molecule has 1 saturated heterocycles. The number of hydrogen-bond donors (Lipinski definition) is 1. The van der Waals surface area contributed by atoms with Crippen LogP contribution in [-0.4, -0.2) is 35.6 Å². The first-order valence-corrected chi connectivity index (χ1v) is 8.17. The molecule has 1 fully saturated rings. The van der Waals surface area contributed by atoms with Crippen molar-refractivity contribution in [2.24, 2.45) is 0 Å². The van der Waals surface area contributed by atoms with Crippen LogP contribution >= 0.6 is 0 Å². The predicted molar refractivity (Wildman–Crippen MR) is 90.1 cm³/mol. The Labute approximate surface area is 141 Å². The van der Waals surface area contributed by atoms with Crippen LogP contribution in [0.15, 0.2) is 41.0 Å².